The normalized spacial score (nSPS) is 11.0. The molecule has 0 aromatic heterocycles. The van der Waals surface area contributed by atoms with Gasteiger partial charge in [0.2, 0.25) is 0 Å². The minimum absolute atomic E-state index is 0.0178. The van der Waals surface area contributed by atoms with Crippen molar-refractivity contribution in [1.29, 1.82) is 0 Å². The van der Waals surface area contributed by atoms with Crippen LogP contribution in [0.1, 0.15) is 27.6 Å². The topological polar surface area (TPSA) is 97.5 Å². The van der Waals surface area contributed by atoms with Crippen LogP contribution in [-0.2, 0) is 10.0 Å². The molecule has 7 heteroatoms. The Morgan fingerprint density at radius 1 is 1.00 bits per heavy atom. The number of carbonyl (C=O) groups is 2. The zero-order valence-electron chi connectivity index (χ0n) is 12.7. The van der Waals surface area contributed by atoms with Crippen LogP contribution in [0.15, 0.2) is 53.4 Å². The van der Waals surface area contributed by atoms with Crippen LogP contribution in [0, 0.1) is 0 Å². The minimum Gasteiger partial charge on any atom is -0.366 e. The van der Waals surface area contributed by atoms with E-state index >= 15 is 0 Å². The average Bonchev–Trinajstić information content (AvgIpc) is 2.54. The van der Waals surface area contributed by atoms with Gasteiger partial charge in [0.05, 0.1) is 16.1 Å². The number of carbonyl (C=O) groups excluding carboxylic acids is 2. The fourth-order valence-corrected chi connectivity index (χ4v) is 3.32. The van der Waals surface area contributed by atoms with E-state index < -0.39 is 15.9 Å². The molecule has 0 spiro atoms. The van der Waals surface area contributed by atoms with Crippen molar-refractivity contribution in [3.8, 4) is 0 Å². The first kappa shape index (κ1) is 16.7. The van der Waals surface area contributed by atoms with Gasteiger partial charge in [-0.25, -0.2) is 8.42 Å². The predicted octanol–water partition coefficient (Wildman–Crippen LogP) is 1.81. The van der Waals surface area contributed by atoms with Crippen LogP contribution in [0.3, 0.4) is 0 Å². The Bertz CT molecular complexity index is 858. The second-order valence-corrected chi connectivity index (χ2v) is 6.90. The zero-order valence-corrected chi connectivity index (χ0v) is 13.5. The van der Waals surface area contributed by atoms with Crippen LogP contribution < -0.4 is 10.0 Å². The van der Waals surface area contributed by atoms with Gasteiger partial charge in [-0.15, -0.1) is 0 Å². The van der Waals surface area contributed by atoms with Crippen molar-refractivity contribution in [3.63, 3.8) is 0 Å². The summed E-state index contributed by atoms with van der Waals surface area (Å²) in [5.41, 5.74) is 6.01. The van der Waals surface area contributed by atoms with Crippen molar-refractivity contribution >= 4 is 27.4 Å². The number of nitrogens with two attached hydrogens (primary N) is 1. The van der Waals surface area contributed by atoms with Crippen molar-refractivity contribution in [3.05, 3.63) is 59.7 Å². The molecule has 0 unspecified atom stereocenters. The maximum atomic E-state index is 12.7. The first-order chi connectivity index (χ1) is 10.7. The molecule has 0 aliphatic carbocycles. The Kier molecular flexibility index (Phi) is 4.51. The fraction of sp³-hybridized carbons (Fsp3) is 0.125. The Morgan fingerprint density at radius 3 is 2.09 bits per heavy atom. The highest BCUT2D eigenvalue weighted by molar-refractivity contribution is 7.92. The van der Waals surface area contributed by atoms with E-state index in [1.165, 1.54) is 50.4 Å². The summed E-state index contributed by atoms with van der Waals surface area (Å²) >= 11 is 0. The van der Waals surface area contributed by atoms with Gasteiger partial charge in [0.25, 0.3) is 15.9 Å². The lowest BCUT2D eigenvalue weighted by Crippen LogP contribution is -2.29. The molecule has 0 fully saturated rings. The van der Waals surface area contributed by atoms with Crippen LogP contribution in [0.4, 0.5) is 5.69 Å². The van der Waals surface area contributed by atoms with Crippen LogP contribution in [0.2, 0.25) is 0 Å². The van der Waals surface area contributed by atoms with Crippen molar-refractivity contribution < 1.29 is 18.0 Å². The maximum Gasteiger partial charge on any atom is 0.264 e. The van der Waals surface area contributed by atoms with Crippen LogP contribution in [0.5, 0.6) is 0 Å². The van der Waals surface area contributed by atoms with Gasteiger partial charge in [0, 0.05) is 12.6 Å². The number of amides is 1. The first-order valence-electron chi connectivity index (χ1n) is 6.74. The van der Waals surface area contributed by atoms with E-state index in [0.29, 0.717) is 5.56 Å². The number of ketones is 1. The van der Waals surface area contributed by atoms with E-state index in [9.17, 15) is 18.0 Å². The lowest BCUT2D eigenvalue weighted by Gasteiger charge is -2.21. The molecule has 0 aliphatic heterocycles. The largest absolute Gasteiger partial charge is 0.366 e. The standard InChI is InChI=1S/C16H16N2O4S/c1-11(19)12-7-9-13(10-8-12)23(21,22)18(2)15-6-4-3-5-14(15)16(17)20/h3-10H,1-2H3,(H2,17,20). The van der Waals surface area contributed by atoms with Gasteiger partial charge in [-0.05, 0) is 31.2 Å². The Labute approximate surface area is 134 Å². The smallest absolute Gasteiger partial charge is 0.264 e. The third-order valence-electron chi connectivity index (χ3n) is 3.43. The molecule has 2 rings (SSSR count). The van der Waals surface area contributed by atoms with Gasteiger partial charge in [-0.3, -0.25) is 13.9 Å². The highest BCUT2D eigenvalue weighted by Gasteiger charge is 2.24. The number of sulfonamides is 1. The Balaban J connectivity index is 2.47. The molecule has 0 saturated heterocycles. The van der Waals surface area contributed by atoms with Gasteiger partial charge in [-0.1, -0.05) is 24.3 Å². The van der Waals surface area contributed by atoms with Gasteiger partial charge < -0.3 is 5.73 Å². The summed E-state index contributed by atoms with van der Waals surface area (Å²) in [7, 11) is -2.53. The van der Waals surface area contributed by atoms with Crippen LogP contribution in [-0.4, -0.2) is 27.2 Å². The van der Waals surface area contributed by atoms with Gasteiger partial charge >= 0.3 is 0 Å². The molecule has 0 radical (unpaired) electrons. The molecule has 0 aliphatic rings. The van der Waals surface area contributed by atoms with Crippen molar-refractivity contribution in [2.45, 2.75) is 11.8 Å². The van der Waals surface area contributed by atoms with Crippen molar-refractivity contribution in [2.75, 3.05) is 11.4 Å². The summed E-state index contributed by atoms with van der Waals surface area (Å²) in [6.45, 7) is 1.40. The number of anilines is 1. The summed E-state index contributed by atoms with van der Waals surface area (Å²) in [4.78, 5) is 22.8. The van der Waals surface area contributed by atoms with Crippen molar-refractivity contribution in [2.24, 2.45) is 5.73 Å². The first-order valence-corrected chi connectivity index (χ1v) is 8.18. The van der Waals surface area contributed by atoms with Crippen LogP contribution in [0.25, 0.3) is 0 Å². The average molecular weight is 332 g/mol. The third kappa shape index (κ3) is 3.24. The number of para-hydroxylation sites is 1. The van der Waals surface area contributed by atoms with E-state index in [0.717, 1.165) is 4.31 Å². The molecule has 0 atom stereocenters. The maximum absolute atomic E-state index is 12.7. The summed E-state index contributed by atoms with van der Waals surface area (Å²) in [5, 5.41) is 0. The predicted molar refractivity (Wildman–Crippen MR) is 87.0 cm³/mol. The van der Waals surface area contributed by atoms with Gasteiger partial charge in [0.1, 0.15) is 0 Å². The molecule has 2 aromatic carbocycles. The molecule has 2 aromatic rings. The Hall–Kier alpha value is -2.67. The molecule has 120 valence electrons. The lowest BCUT2D eigenvalue weighted by atomic mass is 10.1. The highest BCUT2D eigenvalue weighted by atomic mass is 32.2. The molecule has 0 saturated carbocycles. The number of hydrogen-bond donors (Lipinski definition) is 1. The summed E-state index contributed by atoms with van der Waals surface area (Å²) < 4.78 is 26.4. The van der Waals surface area contributed by atoms with Crippen LogP contribution >= 0.6 is 0 Å². The Morgan fingerprint density at radius 2 is 1.57 bits per heavy atom. The number of primary amides is 1. The summed E-state index contributed by atoms with van der Waals surface area (Å²) in [6, 6.07) is 11.8. The molecular formula is C16H16N2O4S. The highest BCUT2D eigenvalue weighted by Crippen LogP contribution is 2.25. The summed E-state index contributed by atoms with van der Waals surface area (Å²) in [6.07, 6.45) is 0. The quantitative estimate of drug-likeness (QED) is 0.844. The molecular weight excluding hydrogens is 316 g/mol. The second-order valence-electron chi connectivity index (χ2n) is 4.93. The molecule has 6 nitrogen and oxygen atoms in total. The fourth-order valence-electron chi connectivity index (χ4n) is 2.11. The molecule has 23 heavy (non-hydrogen) atoms. The van der Waals surface area contributed by atoms with E-state index in [1.807, 2.05) is 0 Å². The number of benzene rings is 2. The minimum atomic E-state index is -3.88. The number of rotatable bonds is 5. The number of Topliss-reactive ketones (excluding diaryl/α,β-unsaturated/α-hetero) is 1. The van der Waals surface area contributed by atoms with E-state index in [2.05, 4.69) is 0 Å². The number of nitrogens with zero attached hydrogens (tertiary/aromatic N) is 1. The zero-order chi connectivity index (χ0) is 17.2. The molecule has 1 amide bonds. The number of hydrogen-bond acceptors (Lipinski definition) is 4. The van der Waals surface area contributed by atoms with E-state index in [4.69, 9.17) is 5.73 Å². The third-order valence-corrected chi connectivity index (χ3v) is 5.21. The molecule has 0 heterocycles. The monoisotopic (exact) mass is 332 g/mol. The summed E-state index contributed by atoms with van der Waals surface area (Å²) in [5.74, 6) is -0.865. The van der Waals surface area contributed by atoms with Crippen molar-refractivity contribution in [1.82, 2.24) is 0 Å². The van der Waals surface area contributed by atoms with Gasteiger partial charge in [-0.2, -0.15) is 0 Å². The second kappa shape index (κ2) is 6.21. The van der Waals surface area contributed by atoms with E-state index in [-0.39, 0.29) is 21.9 Å². The molecule has 0 bridgehead atoms. The van der Waals surface area contributed by atoms with Gasteiger partial charge in [0.15, 0.2) is 5.78 Å². The molecule has 2 N–H and O–H groups in total. The van der Waals surface area contributed by atoms with E-state index in [1.54, 1.807) is 12.1 Å². The SMILES string of the molecule is CC(=O)c1ccc(S(=O)(=O)N(C)c2ccccc2C(N)=O)cc1. The lowest BCUT2D eigenvalue weighted by molar-refractivity contribution is 0.0996.